The van der Waals surface area contributed by atoms with Crippen LogP contribution in [0.2, 0.25) is 0 Å². The number of rotatable bonds is 6. The zero-order valence-corrected chi connectivity index (χ0v) is 14.9. The molecule has 1 aromatic rings. The highest BCUT2D eigenvalue weighted by molar-refractivity contribution is 14.0. The summed E-state index contributed by atoms with van der Waals surface area (Å²) in [5.41, 5.74) is 6.89. The van der Waals surface area contributed by atoms with Crippen LogP contribution < -0.4 is 11.1 Å². The minimum atomic E-state index is 0. The summed E-state index contributed by atoms with van der Waals surface area (Å²) in [4.78, 5) is 5.76. The van der Waals surface area contributed by atoms with Crippen LogP contribution in [0.25, 0.3) is 0 Å². The molecule has 0 heterocycles. The van der Waals surface area contributed by atoms with Gasteiger partial charge in [-0.15, -0.1) is 35.7 Å². The number of nitrogens with two attached hydrogens (primary N) is 1. The van der Waals surface area contributed by atoms with E-state index in [1.807, 2.05) is 24.8 Å². The highest BCUT2D eigenvalue weighted by atomic mass is 127. The molecule has 2 rings (SSSR count). The van der Waals surface area contributed by atoms with Crippen LogP contribution in [0.15, 0.2) is 52.4 Å². The van der Waals surface area contributed by atoms with Gasteiger partial charge in [-0.3, -0.25) is 4.99 Å². The molecule has 0 unspecified atom stereocenters. The Bertz CT molecular complexity index is 469. The average molecular weight is 403 g/mol. The first-order valence-electron chi connectivity index (χ1n) is 6.52. The fourth-order valence-corrected chi connectivity index (χ4v) is 2.93. The first-order valence-corrected chi connectivity index (χ1v) is 7.34. The maximum Gasteiger partial charge on any atom is 0.188 e. The number of aliphatic imine (C=N–C) groups is 1. The van der Waals surface area contributed by atoms with Crippen LogP contribution in [-0.4, -0.2) is 23.8 Å². The smallest absolute Gasteiger partial charge is 0.188 e. The first kappa shape index (κ1) is 17.4. The average Bonchev–Trinajstić information content (AvgIpc) is 3.15. The highest BCUT2D eigenvalue weighted by Gasteiger charge is 2.43. The van der Waals surface area contributed by atoms with Crippen molar-refractivity contribution in [3.63, 3.8) is 0 Å². The molecule has 1 aliphatic rings. The van der Waals surface area contributed by atoms with Gasteiger partial charge in [0.15, 0.2) is 5.96 Å². The number of thioether (sulfide) groups is 1. The largest absolute Gasteiger partial charge is 0.370 e. The number of halogens is 1. The van der Waals surface area contributed by atoms with Crippen molar-refractivity contribution in [2.45, 2.75) is 29.4 Å². The van der Waals surface area contributed by atoms with E-state index in [1.54, 1.807) is 0 Å². The zero-order valence-electron chi connectivity index (χ0n) is 11.8. The molecule has 110 valence electrons. The molecule has 3 nitrogen and oxygen atoms in total. The maximum atomic E-state index is 5.84. The molecule has 1 aliphatic carbocycles. The van der Waals surface area contributed by atoms with Crippen molar-refractivity contribution in [2.24, 2.45) is 10.7 Å². The van der Waals surface area contributed by atoms with Gasteiger partial charge in [-0.05, 0) is 31.9 Å². The summed E-state index contributed by atoms with van der Waals surface area (Å²) in [6, 6.07) is 10.5. The fraction of sp³-hybridized carbons (Fsp3) is 0.400. The van der Waals surface area contributed by atoms with Crippen molar-refractivity contribution in [1.29, 1.82) is 0 Å². The molecular weight excluding hydrogens is 381 g/mol. The summed E-state index contributed by atoms with van der Waals surface area (Å²) in [6.45, 7) is 7.26. The topological polar surface area (TPSA) is 50.4 Å². The van der Waals surface area contributed by atoms with Crippen LogP contribution >= 0.6 is 35.7 Å². The summed E-state index contributed by atoms with van der Waals surface area (Å²) in [7, 11) is 0. The lowest BCUT2D eigenvalue weighted by Gasteiger charge is -2.13. The Morgan fingerprint density at radius 1 is 1.40 bits per heavy atom. The molecular formula is C15H22IN3S. The number of benzene rings is 1. The van der Waals surface area contributed by atoms with E-state index in [1.165, 1.54) is 17.7 Å². The molecule has 0 amide bonds. The SMILES string of the molecule is C=C(C)CNC(N)=NCC1(Sc2ccccc2)CC1.I. The Labute approximate surface area is 142 Å². The lowest BCUT2D eigenvalue weighted by molar-refractivity contribution is 0.873. The van der Waals surface area contributed by atoms with Gasteiger partial charge in [-0.25, -0.2) is 0 Å². The van der Waals surface area contributed by atoms with E-state index < -0.39 is 0 Å². The van der Waals surface area contributed by atoms with Crippen LogP contribution in [0.5, 0.6) is 0 Å². The van der Waals surface area contributed by atoms with E-state index in [9.17, 15) is 0 Å². The third-order valence-corrected chi connectivity index (χ3v) is 4.47. The van der Waals surface area contributed by atoms with Crippen LogP contribution in [-0.2, 0) is 0 Å². The molecule has 20 heavy (non-hydrogen) atoms. The van der Waals surface area contributed by atoms with Crippen molar-refractivity contribution in [2.75, 3.05) is 13.1 Å². The van der Waals surface area contributed by atoms with Crippen LogP contribution in [0.4, 0.5) is 0 Å². The Morgan fingerprint density at radius 3 is 2.60 bits per heavy atom. The standard InChI is InChI=1S/C15H21N3S.HI/c1-12(2)10-17-14(16)18-11-15(8-9-15)19-13-6-4-3-5-7-13;/h3-7H,1,8-11H2,2H3,(H3,16,17,18);1H. The molecule has 5 heteroatoms. The van der Waals surface area contributed by atoms with Crippen molar-refractivity contribution >= 4 is 41.7 Å². The fourth-order valence-electron chi connectivity index (χ4n) is 1.70. The van der Waals surface area contributed by atoms with Crippen molar-refractivity contribution in [3.8, 4) is 0 Å². The van der Waals surface area contributed by atoms with Gasteiger partial charge >= 0.3 is 0 Å². The van der Waals surface area contributed by atoms with Crippen LogP contribution in [0, 0.1) is 0 Å². The molecule has 0 aromatic heterocycles. The van der Waals surface area contributed by atoms with Crippen molar-refractivity contribution in [3.05, 3.63) is 42.5 Å². The predicted molar refractivity (Wildman–Crippen MR) is 99.0 cm³/mol. The Balaban J connectivity index is 0.00000200. The predicted octanol–water partition coefficient (Wildman–Crippen LogP) is 3.41. The highest BCUT2D eigenvalue weighted by Crippen LogP contribution is 2.51. The summed E-state index contributed by atoms with van der Waals surface area (Å²) in [6.07, 6.45) is 2.42. The summed E-state index contributed by atoms with van der Waals surface area (Å²) >= 11 is 1.92. The number of hydrogen-bond donors (Lipinski definition) is 2. The van der Waals surface area contributed by atoms with Gasteiger partial charge in [0.05, 0.1) is 6.54 Å². The molecule has 0 saturated heterocycles. The number of nitrogens with zero attached hydrogens (tertiary/aromatic N) is 1. The zero-order chi connectivity index (χ0) is 13.7. The molecule has 0 atom stereocenters. The maximum absolute atomic E-state index is 5.84. The first-order chi connectivity index (χ1) is 9.10. The van der Waals surface area contributed by atoms with Gasteiger partial charge in [-0.1, -0.05) is 30.4 Å². The van der Waals surface area contributed by atoms with E-state index in [0.29, 0.717) is 12.5 Å². The second-order valence-corrected chi connectivity index (χ2v) is 6.65. The molecule has 0 spiro atoms. The second-order valence-electron chi connectivity index (χ2n) is 5.11. The molecule has 1 saturated carbocycles. The van der Waals surface area contributed by atoms with Crippen LogP contribution in [0.1, 0.15) is 19.8 Å². The van der Waals surface area contributed by atoms with Crippen molar-refractivity contribution < 1.29 is 0 Å². The third kappa shape index (κ3) is 5.75. The summed E-state index contributed by atoms with van der Waals surface area (Å²) < 4.78 is 0.261. The molecule has 1 aromatic carbocycles. The van der Waals surface area contributed by atoms with Gasteiger partial charge in [-0.2, -0.15) is 0 Å². The quantitative estimate of drug-likeness (QED) is 0.331. The molecule has 0 radical (unpaired) electrons. The van der Waals surface area contributed by atoms with Gasteiger partial charge in [0.1, 0.15) is 0 Å². The Hall–Kier alpha value is -0.690. The van der Waals surface area contributed by atoms with E-state index in [2.05, 4.69) is 41.2 Å². The minimum Gasteiger partial charge on any atom is -0.370 e. The Kier molecular flexibility index (Phi) is 6.88. The van der Waals surface area contributed by atoms with E-state index >= 15 is 0 Å². The summed E-state index contributed by atoms with van der Waals surface area (Å²) in [5.74, 6) is 0.517. The summed E-state index contributed by atoms with van der Waals surface area (Å²) in [5, 5.41) is 3.07. The lowest BCUT2D eigenvalue weighted by atomic mass is 10.3. The Morgan fingerprint density at radius 2 is 2.05 bits per heavy atom. The van der Waals surface area contributed by atoms with Gasteiger partial charge in [0.25, 0.3) is 0 Å². The van der Waals surface area contributed by atoms with E-state index in [4.69, 9.17) is 5.73 Å². The third-order valence-electron chi connectivity index (χ3n) is 2.99. The lowest BCUT2D eigenvalue weighted by Crippen LogP contribution is -2.33. The van der Waals surface area contributed by atoms with E-state index in [-0.39, 0.29) is 28.7 Å². The van der Waals surface area contributed by atoms with Crippen molar-refractivity contribution in [1.82, 2.24) is 5.32 Å². The molecule has 1 fully saturated rings. The molecule has 0 bridgehead atoms. The van der Waals surface area contributed by atoms with Gasteiger partial charge in [0.2, 0.25) is 0 Å². The minimum absolute atomic E-state index is 0. The molecule has 0 aliphatic heterocycles. The normalized spacial score (nSPS) is 16.1. The van der Waals surface area contributed by atoms with Crippen LogP contribution in [0.3, 0.4) is 0 Å². The van der Waals surface area contributed by atoms with E-state index in [0.717, 1.165) is 12.1 Å². The number of guanidine groups is 1. The van der Waals surface area contributed by atoms with Gasteiger partial charge < -0.3 is 11.1 Å². The monoisotopic (exact) mass is 403 g/mol. The number of nitrogens with one attached hydrogen (secondary N) is 1. The second kappa shape index (κ2) is 7.93. The number of hydrogen-bond acceptors (Lipinski definition) is 2. The molecule has 3 N–H and O–H groups in total. The van der Waals surface area contributed by atoms with Gasteiger partial charge in [0, 0.05) is 16.2 Å².